The molecule has 0 radical (unpaired) electrons. The van der Waals surface area contributed by atoms with E-state index in [1.54, 1.807) is 7.05 Å². The molecule has 0 aliphatic carbocycles. The minimum absolute atomic E-state index is 0. The summed E-state index contributed by atoms with van der Waals surface area (Å²) in [6.45, 7) is 9.88. The van der Waals surface area contributed by atoms with Gasteiger partial charge in [0.05, 0.1) is 5.69 Å². The van der Waals surface area contributed by atoms with Crippen molar-refractivity contribution in [2.45, 2.75) is 40.0 Å². The van der Waals surface area contributed by atoms with Crippen molar-refractivity contribution in [2.75, 3.05) is 20.1 Å². The summed E-state index contributed by atoms with van der Waals surface area (Å²) in [6, 6.07) is 8.69. The van der Waals surface area contributed by atoms with Gasteiger partial charge in [-0.15, -0.1) is 24.0 Å². The summed E-state index contributed by atoms with van der Waals surface area (Å²) in [6.07, 6.45) is 0.870. The number of rotatable bonds is 6. The molecule has 5 nitrogen and oxygen atoms in total. The van der Waals surface area contributed by atoms with Crippen molar-refractivity contribution in [2.24, 2.45) is 4.99 Å². The van der Waals surface area contributed by atoms with E-state index in [0.717, 1.165) is 36.9 Å². The van der Waals surface area contributed by atoms with E-state index in [-0.39, 0.29) is 24.0 Å². The van der Waals surface area contributed by atoms with Gasteiger partial charge in [0.15, 0.2) is 5.96 Å². The van der Waals surface area contributed by atoms with Crippen LogP contribution in [-0.4, -0.2) is 31.3 Å². The van der Waals surface area contributed by atoms with Crippen LogP contribution in [0.4, 0.5) is 0 Å². The van der Waals surface area contributed by atoms with Crippen molar-refractivity contribution in [3.63, 3.8) is 0 Å². The number of guanidine groups is 1. The van der Waals surface area contributed by atoms with Crippen molar-refractivity contribution < 1.29 is 4.52 Å². The molecule has 1 atom stereocenters. The number of nitrogens with zero attached hydrogens (tertiary/aromatic N) is 2. The molecule has 2 rings (SSSR count). The molecule has 0 spiro atoms. The molecular weight excluding hydrogens is 427 g/mol. The van der Waals surface area contributed by atoms with Crippen molar-refractivity contribution in [3.8, 4) is 0 Å². The Labute approximate surface area is 167 Å². The number of hydrogen-bond donors (Lipinski definition) is 2. The van der Waals surface area contributed by atoms with Crippen LogP contribution in [0.1, 0.15) is 41.0 Å². The van der Waals surface area contributed by atoms with E-state index in [0.29, 0.717) is 5.92 Å². The molecule has 1 aromatic heterocycles. The SMILES string of the molecule is CN=C(NCCc1c(C)noc1C)NCC(C)c1ccc(C)cc1.I. The second-order valence-electron chi connectivity index (χ2n) is 6.24. The maximum atomic E-state index is 5.19. The predicted molar refractivity (Wildman–Crippen MR) is 114 cm³/mol. The van der Waals surface area contributed by atoms with Crippen LogP contribution in [0.5, 0.6) is 0 Å². The van der Waals surface area contributed by atoms with E-state index in [1.807, 2.05) is 13.8 Å². The maximum Gasteiger partial charge on any atom is 0.191 e. The Bertz CT molecular complexity index is 660. The van der Waals surface area contributed by atoms with Gasteiger partial charge in [0.25, 0.3) is 0 Å². The summed E-state index contributed by atoms with van der Waals surface area (Å²) in [7, 11) is 1.79. The third-order valence-electron chi connectivity index (χ3n) is 4.29. The average Bonchev–Trinajstić information content (AvgIpc) is 2.90. The first kappa shape index (κ1) is 21.5. The number of aromatic nitrogens is 1. The third-order valence-corrected chi connectivity index (χ3v) is 4.29. The molecule has 6 heteroatoms. The number of aryl methyl sites for hydroxylation is 3. The lowest BCUT2D eigenvalue weighted by molar-refractivity contribution is 0.392. The second-order valence-corrected chi connectivity index (χ2v) is 6.24. The number of halogens is 1. The van der Waals surface area contributed by atoms with Crippen LogP contribution in [0.25, 0.3) is 0 Å². The quantitative estimate of drug-likeness (QED) is 0.395. The fourth-order valence-electron chi connectivity index (χ4n) is 2.65. The summed E-state index contributed by atoms with van der Waals surface area (Å²) in [5, 5.41) is 10.7. The molecule has 0 saturated carbocycles. The Hall–Kier alpha value is -1.57. The van der Waals surface area contributed by atoms with Crippen molar-refractivity contribution in [1.82, 2.24) is 15.8 Å². The molecular formula is C19H29IN4O. The average molecular weight is 456 g/mol. The Kier molecular flexibility index (Phi) is 8.96. The lowest BCUT2D eigenvalue weighted by Gasteiger charge is -2.16. The molecule has 1 aromatic carbocycles. The fraction of sp³-hybridized carbons (Fsp3) is 0.474. The smallest absolute Gasteiger partial charge is 0.191 e. The van der Waals surface area contributed by atoms with Gasteiger partial charge >= 0.3 is 0 Å². The first-order valence-corrected chi connectivity index (χ1v) is 8.44. The van der Waals surface area contributed by atoms with Gasteiger partial charge in [0, 0.05) is 25.7 Å². The highest BCUT2D eigenvalue weighted by molar-refractivity contribution is 14.0. The van der Waals surface area contributed by atoms with E-state index in [2.05, 4.69) is 58.9 Å². The van der Waals surface area contributed by atoms with E-state index < -0.39 is 0 Å². The molecule has 138 valence electrons. The van der Waals surface area contributed by atoms with E-state index in [1.165, 1.54) is 16.7 Å². The maximum absolute atomic E-state index is 5.19. The first-order valence-electron chi connectivity index (χ1n) is 8.44. The summed E-state index contributed by atoms with van der Waals surface area (Å²) in [5.74, 6) is 2.14. The molecule has 0 bridgehead atoms. The van der Waals surface area contributed by atoms with Crippen LogP contribution in [0.2, 0.25) is 0 Å². The van der Waals surface area contributed by atoms with Crippen LogP contribution in [-0.2, 0) is 6.42 Å². The lowest BCUT2D eigenvalue weighted by Crippen LogP contribution is -2.40. The highest BCUT2D eigenvalue weighted by atomic mass is 127. The zero-order chi connectivity index (χ0) is 17.5. The van der Waals surface area contributed by atoms with Gasteiger partial charge < -0.3 is 15.2 Å². The van der Waals surface area contributed by atoms with Gasteiger partial charge in [-0.05, 0) is 38.7 Å². The molecule has 25 heavy (non-hydrogen) atoms. The van der Waals surface area contributed by atoms with Crippen molar-refractivity contribution >= 4 is 29.9 Å². The zero-order valence-corrected chi connectivity index (χ0v) is 18.0. The normalized spacial score (nSPS) is 12.4. The fourth-order valence-corrected chi connectivity index (χ4v) is 2.65. The van der Waals surface area contributed by atoms with Gasteiger partial charge in [0.1, 0.15) is 5.76 Å². The lowest BCUT2D eigenvalue weighted by atomic mass is 10.0. The number of hydrogen-bond acceptors (Lipinski definition) is 3. The summed E-state index contributed by atoms with van der Waals surface area (Å²) < 4.78 is 5.19. The summed E-state index contributed by atoms with van der Waals surface area (Å²) >= 11 is 0. The number of nitrogens with one attached hydrogen (secondary N) is 2. The van der Waals surface area contributed by atoms with Crippen LogP contribution in [0, 0.1) is 20.8 Å². The molecule has 2 N–H and O–H groups in total. The highest BCUT2D eigenvalue weighted by Gasteiger charge is 2.09. The molecule has 0 saturated heterocycles. The number of benzene rings is 1. The van der Waals surface area contributed by atoms with Gasteiger partial charge in [-0.25, -0.2) is 0 Å². The Morgan fingerprint density at radius 1 is 1.16 bits per heavy atom. The molecule has 0 aliphatic rings. The Morgan fingerprint density at radius 3 is 2.40 bits per heavy atom. The van der Waals surface area contributed by atoms with Crippen molar-refractivity contribution in [3.05, 3.63) is 52.4 Å². The van der Waals surface area contributed by atoms with Gasteiger partial charge in [-0.3, -0.25) is 4.99 Å². The number of aliphatic imine (C=N–C) groups is 1. The van der Waals surface area contributed by atoms with E-state index in [9.17, 15) is 0 Å². The molecule has 1 unspecified atom stereocenters. The molecule has 0 fully saturated rings. The largest absolute Gasteiger partial charge is 0.361 e. The van der Waals surface area contributed by atoms with Crippen LogP contribution in [0.15, 0.2) is 33.8 Å². The topological polar surface area (TPSA) is 62.5 Å². The summed E-state index contributed by atoms with van der Waals surface area (Å²) in [4.78, 5) is 4.29. The van der Waals surface area contributed by atoms with E-state index in [4.69, 9.17) is 4.52 Å². The molecule has 0 amide bonds. The van der Waals surface area contributed by atoms with Crippen molar-refractivity contribution in [1.29, 1.82) is 0 Å². The molecule has 0 aliphatic heterocycles. The van der Waals surface area contributed by atoms with Crippen LogP contribution in [0.3, 0.4) is 0 Å². The summed E-state index contributed by atoms with van der Waals surface area (Å²) in [5.41, 5.74) is 4.76. The van der Waals surface area contributed by atoms with Crippen LogP contribution < -0.4 is 10.6 Å². The minimum atomic E-state index is 0. The highest BCUT2D eigenvalue weighted by Crippen LogP contribution is 2.15. The molecule has 1 heterocycles. The Balaban J connectivity index is 0.00000312. The van der Waals surface area contributed by atoms with Crippen LogP contribution >= 0.6 is 24.0 Å². The van der Waals surface area contributed by atoms with Gasteiger partial charge in [0.2, 0.25) is 0 Å². The standard InChI is InChI=1S/C19H28N4O.HI/c1-13-6-8-17(9-7-13)14(2)12-22-19(20-5)21-11-10-18-15(3)23-24-16(18)4;/h6-9,14H,10-12H2,1-5H3,(H2,20,21,22);1H. The first-order chi connectivity index (χ1) is 11.5. The monoisotopic (exact) mass is 456 g/mol. The molecule has 2 aromatic rings. The van der Waals surface area contributed by atoms with Gasteiger partial charge in [-0.1, -0.05) is 41.9 Å². The predicted octanol–water partition coefficient (Wildman–Crippen LogP) is 3.73. The zero-order valence-electron chi connectivity index (χ0n) is 15.7. The second kappa shape index (κ2) is 10.4. The van der Waals surface area contributed by atoms with E-state index >= 15 is 0 Å². The minimum Gasteiger partial charge on any atom is -0.361 e. The van der Waals surface area contributed by atoms with Gasteiger partial charge in [-0.2, -0.15) is 0 Å². The Morgan fingerprint density at radius 2 is 1.84 bits per heavy atom. The third kappa shape index (κ3) is 6.34.